The van der Waals surface area contributed by atoms with Gasteiger partial charge in [-0.1, -0.05) is 6.07 Å². The van der Waals surface area contributed by atoms with Crippen molar-refractivity contribution < 1.29 is 4.55 Å². The molecule has 0 fully saturated rings. The molecule has 0 bridgehead atoms. The van der Waals surface area contributed by atoms with Gasteiger partial charge in [-0.25, -0.2) is 0 Å². The van der Waals surface area contributed by atoms with Gasteiger partial charge in [0, 0.05) is 0 Å². The molecule has 11 heavy (non-hydrogen) atoms. The van der Waals surface area contributed by atoms with Gasteiger partial charge >= 0.3 is 0 Å². The van der Waals surface area contributed by atoms with Crippen molar-refractivity contribution in [2.24, 2.45) is 0 Å². The summed E-state index contributed by atoms with van der Waals surface area (Å²) in [7, 11) is 0. The van der Waals surface area contributed by atoms with Gasteiger partial charge in [0.05, 0.1) is 5.69 Å². The minimum atomic E-state index is -0.974. The molecule has 0 saturated carbocycles. The predicted molar refractivity (Wildman–Crippen MR) is 47.9 cm³/mol. The molecule has 1 unspecified atom stereocenters. The van der Waals surface area contributed by atoms with Crippen LogP contribution in [0, 0.1) is 6.92 Å². The molecule has 1 atom stereocenters. The highest BCUT2D eigenvalue weighted by molar-refractivity contribution is 7.90. The van der Waals surface area contributed by atoms with Crippen molar-refractivity contribution in [1.82, 2.24) is 0 Å². The first-order valence-electron chi connectivity index (χ1n) is 3.31. The average Bonchev–Trinajstić information content (AvgIpc) is 1.85. The molecular weight excluding hydrogens is 158 g/mol. The third-order valence-corrected chi connectivity index (χ3v) is 2.47. The zero-order chi connectivity index (χ0) is 8.43. The number of hydrogen-bond donors (Lipinski definition) is 1. The number of nitrogen functional groups attached to an aromatic ring is 1. The van der Waals surface area contributed by atoms with Crippen LogP contribution < -0.4 is 5.73 Å². The summed E-state index contributed by atoms with van der Waals surface area (Å²) in [4.78, 5) is 0.718. The number of benzene rings is 1. The molecule has 0 aliphatic carbocycles. The zero-order valence-electron chi connectivity index (χ0n) is 6.63. The first kappa shape index (κ1) is 8.43. The van der Waals surface area contributed by atoms with Gasteiger partial charge in [-0.15, -0.1) is 0 Å². The lowest BCUT2D eigenvalue weighted by molar-refractivity contribution is 0.601. The molecule has 60 valence electrons. The van der Waals surface area contributed by atoms with Crippen LogP contribution in [0.3, 0.4) is 0 Å². The van der Waals surface area contributed by atoms with Gasteiger partial charge in [0.15, 0.2) is 4.90 Å². The minimum absolute atomic E-state index is 0.617. The monoisotopic (exact) mass is 169 g/mol. The van der Waals surface area contributed by atoms with Crippen molar-refractivity contribution in [1.29, 1.82) is 0 Å². The van der Waals surface area contributed by atoms with Crippen LogP contribution in [-0.4, -0.2) is 10.8 Å². The fourth-order valence-corrected chi connectivity index (χ4v) is 1.58. The van der Waals surface area contributed by atoms with E-state index in [0.717, 1.165) is 10.5 Å². The van der Waals surface area contributed by atoms with Crippen LogP contribution in [0.1, 0.15) is 5.56 Å². The third-order valence-electron chi connectivity index (χ3n) is 1.47. The summed E-state index contributed by atoms with van der Waals surface area (Å²) >= 11 is -0.974. The third kappa shape index (κ3) is 1.88. The second kappa shape index (κ2) is 3.15. The summed E-state index contributed by atoms with van der Waals surface area (Å²) in [6.45, 7) is 1.96. The fourth-order valence-electron chi connectivity index (χ4n) is 0.930. The highest BCUT2D eigenvalue weighted by atomic mass is 32.2. The van der Waals surface area contributed by atoms with Gasteiger partial charge in [-0.05, 0) is 35.8 Å². The second-order valence-corrected chi connectivity index (χ2v) is 3.84. The lowest BCUT2D eigenvalue weighted by Gasteiger charge is -2.06. The minimum Gasteiger partial charge on any atom is -0.612 e. The lowest BCUT2D eigenvalue weighted by Crippen LogP contribution is -2.02. The van der Waals surface area contributed by atoms with Gasteiger partial charge in [-0.3, -0.25) is 0 Å². The molecule has 0 spiro atoms. The molecule has 0 aromatic heterocycles. The van der Waals surface area contributed by atoms with E-state index >= 15 is 0 Å². The number of aryl methyl sites for hydroxylation is 1. The zero-order valence-corrected chi connectivity index (χ0v) is 7.44. The number of nitrogens with two attached hydrogens (primary N) is 1. The van der Waals surface area contributed by atoms with Crippen LogP contribution in [0.2, 0.25) is 0 Å². The number of anilines is 1. The van der Waals surface area contributed by atoms with E-state index in [1.165, 1.54) is 0 Å². The SMILES string of the molecule is Cc1ccc([S+](C)[O-])c(N)c1. The highest BCUT2D eigenvalue weighted by Crippen LogP contribution is 2.18. The Morgan fingerprint density at radius 2 is 2.09 bits per heavy atom. The highest BCUT2D eigenvalue weighted by Gasteiger charge is 2.07. The van der Waals surface area contributed by atoms with E-state index in [1.54, 1.807) is 12.3 Å². The Bertz CT molecular complexity index is 260. The summed E-state index contributed by atoms with van der Waals surface area (Å²) in [5.41, 5.74) is 7.34. The predicted octanol–water partition coefficient (Wildman–Crippen LogP) is 1.31. The van der Waals surface area contributed by atoms with Crippen molar-refractivity contribution in [3.8, 4) is 0 Å². The van der Waals surface area contributed by atoms with Crippen molar-refractivity contribution in [2.75, 3.05) is 12.0 Å². The molecule has 0 heterocycles. The van der Waals surface area contributed by atoms with E-state index in [9.17, 15) is 4.55 Å². The van der Waals surface area contributed by atoms with Crippen molar-refractivity contribution in [3.05, 3.63) is 23.8 Å². The molecule has 0 aliphatic heterocycles. The molecule has 0 radical (unpaired) electrons. The van der Waals surface area contributed by atoms with Crippen LogP contribution in [0.5, 0.6) is 0 Å². The standard InChI is InChI=1S/C8H11NOS/c1-6-3-4-8(11(2)10)7(9)5-6/h3-5H,9H2,1-2H3. The van der Waals surface area contributed by atoms with Crippen LogP contribution >= 0.6 is 0 Å². The largest absolute Gasteiger partial charge is 0.612 e. The van der Waals surface area contributed by atoms with Gasteiger partial charge < -0.3 is 10.3 Å². The Labute approximate surface area is 69.6 Å². The maximum absolute atomic E-state index is 11.0. The lowest BCUT2D eigenvalue weighted by atomic mass is 10.2. The maximum atomic E-state index is 11.0. The van der Waals surface area contributed by atoms with Gasteiger partial charge in [0.1, 0.15) is 6.26 Å². The van der Waals surface area contributed by atoms with E-state index in [4.69, 9.17) is 5.73 Å². The van der Waals surface area contributed by atoms with Crippen LogP contribution in [-0.2, 0) is 11.2 Å². The van der Waals surface area contributed by atoms with Crippen molar-refractivity contribution in [2.45, 2.75) is 11.8 Å². The summed E-state index contributed by atoms with van der Waals surface area (Å²) in [6, 6.07) is 5.55. The van der Waals surface area contributed by atoms with Crippen LogP contribution in [0.15, 0.2) is 23.1 Å². The van der Waals surface area contributed by atoms with E-state index in [-0.39, 0.29) is 0 Å². The van der Waals surface area contributed by atoms with Gasteiger partial charge in [0.25, 0.3) is 0 Å². The Hall–Kier alpha value is -0.670. The van der Waals surface area contributed by atoms with Gasteiger partial charge in [0.2, 0.25) is 0 Å². The van der Waals surface area contributed by atoms with Crippen LogP contribution in [0.25, 0.3) is 0 Å². The van der Waals surface area contributed by atoms with Gasteiger partial charge in [-0.2, -0.15) is 0 Å². The van der Waals surface area contributed by atoms with Crippen molar-refractivity contribution in [3.63, 3.8) is 0 Å². The second-order valence-electron chi connectivity index (χ2n) is 2.50. The molecule has 1 rings (SSSR count). The molecule has 0 aliphatic rings. The Kier molecular flexibility index (Phi) is 2.42. The fraction of sp³-hybridized carbons (Fsp3) is 0.250. The maximum Gasteiger partial charge on any atom is 0.175 e. The summed E-state index contributed by atoms with van der Waals surface area (Å²) in [5, 5.41) is 0. The van der Waals surface area contributed by atoms with E-state index in [2.05, 4.69) is 0 Å². The number of rotatable bonds is 1. The molecule has 1 aromatic rings. The van der Waals surface area contributed by atoms with E-state index < -0.39 is 11.2 Å². The molecule has 0 amide bonds. The smallest absolute Gasteiger partial charge is 0.175 e. The molecular formula is C8H11NOS. The topological polar surface area (TPSA) is 49.1 Å². The Morgan fingerprint density at radius 3 is 2.55 bits per heavy atom. The first-order valence-corrected chi connectivity index (χ1v) is 4.86. The molecule has 2 N–H and O–H groups in total. The normalized spacial score (nSPS) is 13.0. The summed E-state index contributed by atoms with van der Waals surface area (Å²) in [6.07, 6.45) is 1.63. The van der Waals surface area contributed by atoms with Crippen molar-refractivity contribution >= 4 is 16.9 Å². The summed E-state index contributed by atoms with van der Waals surface area (Å²) in [5.74, 6) is 0. The van der Waals surface area contributed by atoms with E-state index in [0.29, 0.717) is 5.69 Å². The first-order chi connectivity index (χ1) is 5.11. The molecule has 0 saturated heterocycles. The van der Waals surface area contributed by atoms with E-state index in [1.807, 2.05) is 19.1 Å². The number of hydrogen-bond acceptors (Lipinski definition) is 2. The quantitative estimate of drug-likeness (QED) is 0.509. The Morgan fingerprint density at radius 1 is 1.45 bits per heavy atom. The molecule has 3 heteroatoms. The summed E-state index contributed by atoms with van der Waals surface area (Å²) < 4.78 is 11.0. The molecule has 1 aromatic carbocycles. The molecule has 2 nitrogen and oxygen atoms in total. The average molecular weight is 169 g/mol. The van der Waals surface area contributed by atoms with Crippen LogP contribution in [0.4, 0.5) is 5.69 Å². The Balaban J connectivity index is 3.09.